The Hall–Kier alpha value is -1.53. The van der Waals surface area contributed by atoms with Crippen LogP contribution in [-0.4, -0.2) is 21.2 Å². The van der Waals surface area contributed by atoms with Crippen molar-refractivity contribution in [1.29, 1.82) is 0 Å². The number of carbonyl (C=O) groups is 1. The molecule has 0 atom stereocenters. The lowest BCUT2D eigenvalue weighted by Gasteiger charge is -2.08. The third-order valence-corrected chi connectivity index (χ3v) is 2.97. The SMILES string of the molecule is Cc1nc(Cl)c(C=O)c(NCc2cscn2)n1. The molecule has 2 aromatic rings. The first kappa shape index (κ1) is 11.9. The Kier molecular flexibility index (Phi) is 3.65. The highest BCUT2D eigenvalue weighted by atomic mass is 35.5. The van der Waals surface area contributed by atoms with Gasteiger partial charge in [-0.05, 0) is 6.92 Å². The molecule has 88 valence electrons. The summed E-state index contributed by atoms with van der Waals surface area (Å²) in [6.07, 6.45) is 0.644. The smallest absolute Gasteiger partial charge is 0.156 e. The van der Waals surface area contributed by atoms with Gasteiger partial charge in [0, 0.05) is 5.38 Å². The van der Waals surface area contributed by atoms with E-state index in [1.165, 1.54) is 11.3 Å². The van der Waals surface area contributed by atoms with E-state index >= 15 is 0 Å². The molecule has 1 N–H and O–H groups in total. The predicted molar refractivity (Wildman–Crippen MR) is 66.6 cm³/mol. The first-order valence-electron chi connectivity index (χ1n) is 4.81. The third-order valence-electron chi connectivity index (χ3n) is 2.05. The van der Waals surface area contributed by atoms with E-state index in [0.29, 0.717) is 24.5 Å². The molecule has 0 aliphatic heterocycles. The average Bonchev–Trinajstić information content (AvgIpc) is 2.78. The molecule has 0 aliphatic rings. The van der Waals surface area contributed by atoms with Gasteiger partial charge in [-0.1, -0.05) is 11.6 Å². The number of carbonyl (C=O) groups excluding carboxylic acids is 1. The molecule has 5 nitrogen and oxygen atoms in total. The van der Waals surface area contributed by atoms with Crippen molar-refractivity contribution in [2.45, 2.75) is 13.5 Å². The monoisotopic (exact) mass is 268 g/mol. The number of hydrogen-bond donors (Lipinski definition) is 1. The molecule has 0 spiro atoms. The standard InChI is InChI=1S/C10H9ClN4OS/c1-6-14-9(11)8(3-16)10(15-6)12-2-7-4-17-5-13-7/h3-5H,2H2,1H3,(H,12,14,15). The predicted octanol–water partition coefficient (Wildman–Crippen LogP) is 2.32. The lowest BCUT2D eigenvalue weighted by Crippen LogP contribution is -2.07. The van der Waals surface area contributed by atoms with E-state index in [1.807, 2.05) is 5.38 Å². The van der Waals surface area contributed by atoms with Crippen LogP contribution in [0.1, 0.15) is 21.9 Å². The van der Waals surface area contributed by atoms with Crippen molar-refractivity contribution in [2.24, 2.45) is 0 Å². The molecule has 0 aliphatic carbocycles. The van der Waals surface area contributed by atoms with E-state index in [9.17, 15) is 4.79 Å². The number of rotatable bonds is 4. The highest BCUT2D eigenvalue weighted by Crippen LogP contribution is 2.19. The molecule has 7 heteroatoms. The molecular weight excluding hydrogens is 260 g/mol. The van der Waals surface area contributed by atoms with Crippen LogP contribution >= 0.6 is 22.9 Å². The number of halogens is 1. The van der Waals surface area contributed by atoms with E-state index < -0.39 is 0 Å². The Bertz CT molecular complexity index is 529. The van der Waals surface area contributed by atoms with Gasteiger partial charge in [0.15, 0.2) is 6.29 Å². The summed E-state index contributed by atoms with van der Waals surface area (Å²) in [5.74, 6) is 0.951. The second-order valence-electron chi connectivity index (χ2n) is 3.28. The van der Waals surface area contributed by atoms with Crippen LogP contribution in [0.2, 0.25) is 5.15 Å². The second-order valence-corrected chi connectivity index (χ2v) is 4.35. The van der Waals surface area contributed by atoms with Crippen molar-refractivity contribution in [3.05, 3.63) is 33.1 Å². The molecule has 0 aromatic carbocycles. The summed E-state index contributed by atoms with van der Waals surface area (Å²) >= 11 is 7.37. The summed E-state index contributed by atoms with van der Waals surface area (Å²) in [6, 6.07) is 0. The van der Waals surface area contributed by atoms with Crippen molar-refractivity contribution in [1.82, 2.24) is 15.0 Å². The summed E-state index contributed by atoms with van der Waals surface area (Å²) in [5, 5.41) is 5.11. The summed E-state index contributed by atoms with van der Waals surface area (Å²) in [7, 11) is 0. The van der Waals surface area contributed by atoms with Gasteiger partial charge in [0.25, 0.3) is 0 Å². The number of thiazole rings is 1. The van der Waals surface area contributed by atoms with Crippen LogP contribution in [-0.2, 0) is 6.54 Å². The Balaban J connectivity index is 2.22. The van der Waals surface area contributed by atoms with Crippen molar-refractivity contribution < 1.29 is 4.79 Å². The largest absolute Gasteiger partial charge is 0.364 e. The molecule has 0 amide bonds. The van der Waals surface area contributed by atoms with Crippen molar-refractivity contribution in [2.75, 3.05) is 5.32 Å². The van der Waals surface area contributed by atoms with Gasteiger partial charge in [0.1, 0.15) is 16.8 Å². The number of aryl methyl sites for hydroxylation is 1. The second kappa shape index (κ2) is 5.20. The van der Waals surface area contributed by atoms with Crippen LogP contribution in [0.5, 0.6) is 0 Å². The van der Waals surface area contributed by atoms with Gasteiger partial charge in [-0.3, -0.25) is 4.79 Å². The van der Waals surface area contributed by atoms with Gasteiger partial charge in [-0.25, -0.2) is 15.0 Å². The minimum atomic E-state index is 0.160. The highest BCUT2D eigenvalue weighted by molar-refractivity contribution is 7.07. The average molecular weight is 269 g/mol. The quantitative estimate of drug-likeness (QED) is 0.681. The molecular formula is C10H9ClN4OS. The first-order valence-corrected chi connectivity index (χ1v) is 6.13. The molecule has 0 fully saturated rings. The highest BCUT2D eigenvalue weighted by Gasteiger charge is 2.10. The summed E-state index contributed by atoms with van der Waals surface area (Å²) in [5.41, 5.74) is 2.90. The Labute approximate surface area is 107 Å². The summed E-state index contributed by atoms with van der Waals surface area (Å²) in [4.78, 5) is 23.1. The van der Waals surface area contributed by atoms with Crippen LogP contribution < -0.4 is 5.32 Å². The van der Waals surface area contributed by atoms with E-state index in [-0.39, 0.29) is 10.7 Å². The van der Waals surface area contributed by atoms with E-state index in [2.05, 4.69) is 20.3 Å². The van der Waals surface area contributed by atoms with Gasteiger partial charge in [0.2, 0.25) is 0 Å². The van der Waals surface area contributed by atoms with E-state index in [0.717, 1.165) is 5.69 Å². The molecule has 0 radical (unpaired) electrons. The molecule has 2 aromatic heterocycles. The van der Waals surface area contributed by atoms with Crippen LogP contribution in [0.15, 0.2) is 10.9 Å². The lowest BCUT2D eigenvalue weighted by atomic mass is 10.3. The van der Waals surface area contributed by atoms with Crippen molar-refractivity contribution in [3.8, 4) is 0 Å². The van der Waals surface area contributed by atoms with Gasteiger partial charge >= 0.3 is 0 Å². The Morgan fingerprint density at radius 2 is 2.35 bits per heavy atom. The first-order chi connectivity index (χ1) is 8.20. The van der Waals surface area contributed by atoms with E-state index in [1.54, 1.807) is 12.4 Å². The van der Waals surface area contributed by atoms with Crippen LogP contribution in [0, 0.1) is 6.92 Å². The summed E-state index contributed by atoms with van der Waals surface area (Å²) in [6.45, 7) is 2.21. The number of aldehydes is 1. The molecule has 17 heavy (non-hydrogen) atoms. The maximum Gasteiger partial charge on any atom is 0.156 e. The molecule has 2 rings (SSSR count). The zero-order valence-corrected chi connectivity index (χ0v) is 10.5. The van der Waals surface area contributed by atoms with Crippen LogP contribution in [0.3, 0.4) is 0 Å². The fourth-order valence-corrected chi connectivity index (χ4v) is 2.10. The molecule has 0 saturated heterocycles. The lowest BCUT2D eigenvalue weighted by molar-refractivity contribution is 0.112. The topological polar surface area (TPSA) is 67.8 Å². The molecule has 0 saturated carbocycles. The number of nitrogens with zero attached hydrogens (tertiary/aromatic N) is 3. The maximum absolute atomic E-state index is 10.9. The third kappa shape index (κ3) is 2.78. The molecule has 2 heterocycles. The van der Waals surface area contributed by atoms with Gasteiger partial charge in [-0.15, -0.1) is 11.3 Å². The Morgan fingerprint density at radius 3 is 3.00 bits per heavy atom. The van der Waals surface area contributed by atoms with E-state index in [4.69, 9.17) is 11.6 Å². The van der Waals surface area contributed by atoms with Crippen molar-refractivity contribution >= 4 is 35.0 Å². The normalized spacial score (nSPS) is 10.2. The fraction of sp³-hybridized carbons (Fsp3) is 0.200. The molecule has 0 unspecified atom stereocenters. The zero-order valence-electron chi connectivity index (χ0n) is 8.98. The van der Waals surface area contributed by atoms with Gasteiger partial charge in [-0.2, -0.15) is 0 Å². The number of aromatic nitrogens is 3. The fourth-order valence-electron chi connectivity index (χ4n) is 1.29. The summed E-state index contributed by atoms with van der Waals surface area (Å²) < 4.78 is 0. The number of anilines is 1. The zero-order chi connectivity index (χ0) is 12.3. The van der Waals surface area contributed by atoms with Crippen LogP contribution in [0.4, 0.5) is 5.82 Å². The van der Waals surface area contributed by atoms with Crippen molar-refractivity contribution in [3.63, 3.8) is 0 Å². The van der Waals surface area contributed by atoms with Gasteiger partial charge < -0.3 is 5.32 Å². The number of nitrogens with one attached hydrogen (secondary N) is 1. The minimum Gasteiger partial charge on any atom is -0.364 e. The number of hydrogen-bond acceptors (Lipinski definition) is 6. The Morgan fingerprint density at radius 1 is 1.53 bits per heavy atom. The van der Waals surface area contributed by atoms with Crippen LogP contribution in [0.25, 0.3) is 0 Å². The van der Waals surface area contributed by atoms with Gasteiger partial charge in [0.05, 0.1) is 23.3 Å². The maximum atomic E-state index is 10.9. The minimum absolute atomic E-state index is 0.160. The molecule has 0 bridgehead atoms.